The molecule has 0 unspecified atom stereocenters. The van der Waals surface area contributed by atoms with Crippen molar-refractivity contribution in [2.75, 3.05) is 31.6 Å². The van der Waals surface area contributed by atoms with Gasteiger partial charge in [0.2, 0.25) is 0 Å². The summed E-state index contributed by atoms with van der Waals surface area (Å²) in [7, 11) is 0. The van der Waals surface area contributed by atoms with Crippen LogP contribution in [-0.2, 0) is 4.79 Å². The number of benzene rings is 1. The van der Waals surface area contributed by atoms with E-state index in [2.05, 4.69) is 20.2 Å². The zero-order valence-corrected chi connectivity index (χ0v) is 14.3. The minimum atomic E-state index is -0.303. The number of likely N-dealkylation sites (tertiary alicyclic amines) is 1. The molecule has 6 nitrogen and oxygen atoms in total. The molecule has 0 saturated carbocycles. The van der Waals surface area contributed by atoms with Crippen LogP contribution in [0.25, 0.3) is 11.6 Å². The van der Waals surface area contributed by atoms with E-state index in [0.717, 1.165) is 37.4 Å². The van der Waals surface area contributed by atoms with Crippen molar-refractivity contribution in [1.82, 2.24) is 14.9 Å². The van der Waals surface area contributed by atoms with Crippen LogP contribution in [0.1, 0.15) is 35.8 Å². The number of fused-ring (bicyclic) bond motifs is 1. The number of phenols is 1. The number of aromatic nitrogens is 2. The molecule has 1 fully saturated rings. The quantitative estimate of drug-likeness (QED) is 0.581. The molecule has 1 saturated heterocycles. The van der Waals surface area contributed by atoms with E-state index in [-0.39, 0.29) is 18.3 Å². The molecule has 1 aromatic heterocycles. The van der Waals surface area contributed by atoms with E-state index in [9.17, 15) is 14.3 Å². The van der Waals surface area contributed by atoms with Gasteiger partial charge in [-0.3, -0.25) is 4.79 Å². The maximum atomic E-state index is 12.4. The molecule has 0 spiro atoms. The maximum absolute atomic E-state index is 12.4. The molecular formula is C19H21FN4O2. The number of alkyl halides is 1. The molecule has 3 heterocycles. The van der Waals surface area contributed by atoms with Crippen LogP contribution in [0.5, 0.6) is 5.75 Å². The Hall–Kier alpha value is -2.67. The van der Waals surface area contributed by atoms with Crippen molar-refractivity contribution >= 4 is 23.2 Å². The number of nitrogens with zero attached hydrogens (tertiary/aromatic N) is 2. The highest BCUT2D eigenvalue weighted by atomic mass is 19.1. The first kappa shape index (κ1) is 16.8. The second-order valence-electron chi connectivity index (χ2n) is 6.77. The van der Waals surface area contributed by atoms with Gasteiger partial charge < -0.3 is 20.3 Å². The Morgan fingerprint density at radius 3 is 2.92 bits per heavy atom. The Morgan fingerprint density at radius 1 is 1.35 bits per heavy atom. The molecule has 2 aliphatic heterocycles. The average Bonchev–Trinajstić information content (AvgIpc) is 3.22. The fourth-order valence-electron chi connectivity index (χ4n) is 3.66. The van der Waals surface area contributed by atoms with Gasteiger partial charge in [0.15, 0.2) is 0 Å². The van der Waals surface area contributed by atoms with Gasteiger partial charge in [-0.15, -0.1) is 0 Å². The predicted octanol–water partition coefficient (Wildman–Crippen LogP) is 2.76. The molecule has 136 valence electrons. The first-order valence-corrected chi connectivity index (χ1v) is 8.83. The lowest BCUT2D eigenvalue weighted by Gasteiger charge is -2.30. The number of hydrogen-bond acceptors (Lipinski definition) is 4. The molecule has 1 amide bonds. The maximum Gasteiger partial charge on any atom is 0.256 e. The van der Waals surface area contributed by atoms with Crippen LogP contribution in [0.2, 0.25) is 0 Å². The number of carbonyl (C=O) groups excluding carboxylic acids is 1. The van der Waals surface area contributed by atoms with Crippen LogP contribution >= 0.6 is 0 Å². The number of aromatic hydroxyl groups is 1. The van der Waals surface area contributed by atoms with E-state index in [0.29, 0.717) is 29.3 Å². The van der Waals surface area contributed by atoms with Crippen LogP contribution in [0.4, 0.5) is 10.1 Å². The predicted molar refractivity (Wildman–Crippen MR) is 97.6 cm³/mol. The third-order valence-electron chi connectivity index (χ3n) is 5.08. The van der Waals surface area contributed by atoms with Gasteiger partial charge >= 0.3 is 0 Å². The number of H-pyrrole nitrogens is 1. The van der Waals surface area contributed by atoms with E-state index >= 15 is 0 Å². The van der Waals surface area contributed by atoms with Gasteiger partial charge in [0.05, 0.1) is 17.5 Å². The lowest BCUT2D eigenvalue weighted by atomic mass is 9.96. The fraction of sp³-hybridized carbons (Fsp3) is 0.368. The van der Waals surface area contributed by atoms with E-state index in [1.54, 1.807) is 30.5 Å². The number of amides is 1. The first-order valence-electron chi connectivity index (χ1n) is 8.83. The Bertz CT molecular complexity index is 853. The molecule has 0 bridgehead atoms. The highest BCUT2D eigenvalue weighted by molar-refractivity contribution is 6.34. The van der Waals surface area contributed by atoms with Crippen molar-refractivity contribution in [2.45, 2.75) is 18.8 Å². The zero-order chi connectivity index (χ0) is 18.1. The van der Waals surface area contributed by atoms with Crippen LogP contribution < -0.4 is 5.32 Å². The fourth-order valence-corrected chi connectivity index (χ4v) is 3.66. The van der Waals surface area contributed by atoms with Crippen molar-refractivity contribution in [2.24, 2.45) is 0 Å². The number of hydrogen-bond donors (Lipinski definition) is 3. The van der Waals surface area contributed by atoms with Crippen molar-refractivity contribution in [3.8, 4) is 5.75 Å². The number of phenolic OH excluding ortho intramolecular Hbond substituents is 1. The summed E-state index contributed by atoms with van der Waals surface area (Å²) in [6.07, 6.45) is 5.38. The topological polar surface area (TPSA) is 81.2 Å². The zero-order valence-electron chi connectivity index (χ0n) is 14.3. The molecule has 3 N–H and O–H groups in total. The number of rotatable bonds is 4. The summed E-state index contributed by atoms with van der Waals surface area (Å²) in [5.74, 6) is 1.16. The van der Waals surface area contributed by atoms with E-state index in [4.69, 9.17) is 0 Å². The van der Waals surface area contributed by atoms with Crippen LogP contribution in [0, 0.1) is 0 Å². The van der Waals surface area contributed by atoms with Gasteiger partial charge in [-0.1, -0.05) is 0 Å². The number of carbonyl (C=O) groups is 1. The van der Waals surface area contributed by atoms with Crippen molar-refractivity contribution in [3.63, 3.8) is 0 Å². The molecule has 26 heavy (non-hydrogen) atoms. The second kappa shape index (κ2) is 6.92. The van der Waals surface area contributed by atoms with Crippen molar-refractivity contribution in [1.29, 1.82) is 0 Å². The van der Waals surface area contributed by atoms with Gasteiger partial charge in [0.1, 0.15) is 18.2 Å². The van der Waals surface area contributed by atoms with Gasteiger partial charge in [-0.2, -0.15) is 0 Å². The van der Waals surface area contributed by atoms with Gasteiger partial charge in [0.25, 0.3) is 5.91 Å². The molecule has 2 aliphatic rings. The Labute approximate surface area is 150 Å². The standard InChI is InChI=1S/C19H21FN4O2/c20-5-8-24-6-3-12(4-7-24)18-21-11-13(22-18)9-16-15-10-14(25)1-2-17(15)23-19(16)26/h1-2,9-12,25H,3-8H2,(H,21,22)(H,23,26)/b16-9-. The lowest BCUT2D eigenvalue weighted by Crippen LogP contribution is -2.34. The summed E-state index contributed by atoms with van der Waals surface area (Å²) in [6.45, 7) is 1.95. The summed E-state index contributed by atoms with van der Waals surface area (Å²) in [6, 6.07) is 4.82. The van der Waals surface area contributed by atoms with Gasteiger partial charge in [-0.05, 0) is 50.2 Å². The number of aromatic amines is 1. The Balaban J connectivity index is 1.52. The molecule has 0 atom stereocenters. The molecule has 7 heteroatoms. The molecule has 0 radical (unpaired) electrons. The molecule has 0 aliphatic carbocycles. The lowest BCUT2D eigenvalue weighted by molar-refractivity contribution is -0.110. The summed E-state index contributed by atoms with van der Waals surface area (Å²) >= 11 is 0. The highest BCUT2D eigenvalue weighted by Crippen LogP contribution is 2.35. The molecule has 4 rings (SSSR count). The Kier molecular flexibility index (Phi) is 4.46. The third-order valence-corrected chi connectivity index (χ3v) is 5.08. The highest BCUT2D eigenvalue weighted by Gasteiger charge is 2.26. The monoisotopic (exact) mass is 356 g/mol. The van der Waals surface area contributed by atoms with Crippen LogP contribution in [0.15, 0.2) is 24.4 Å². The molecular weight excluding hydrogens is 335 g/mol. The summed E-state index contributed by atoms with van der Waals surface area (Å²) in [5.41, 5.74) is 2.64. The number of halogens is 1. The van der Waals surface area contributed by atoms with Crippen LogP contribution in [-0.4, -0.2) is 52.2 Å². The minimum absolute atomic E-state index is 0.122. The largest absolute Gasteiger partial charge is 0.508 e. The number of anilines is 1. The van der Waals surface area contributed by atoms with Gasteiger partial charge in [-0.25, -0.2) is 9.37 Å². The van der Waals surface area contributed by atoms with E-state index in [1.807, 2.05) is 0 Å². The van der Waals surface area contributed by atoms with E-state index in [1.165, 1.54) is 0 Å². The smallest absolute Gasteiger partial charge is 0.256 e. The Morgan fingerprint density at radius 2 is 2.15 bits per heavy atom. The van der Waals surface area contributed by atoms with Crippen LogP contribution in [0.3, 0.4) is 0 Å². The minimum Gasteiger partial charge on any atom is -0.508 e. The van der Waals surface area contributed by atoms with E-state index < -0.39 is 0 Å². The molecule has 2 aromatic rings. The number of piperidine rings is 1. The van der Waals surface area contributed by atoms with Gasteiger partial charge in [0, 0.05) is 23.7 Å². The number of imidazole rings is 1. The SMILES string of the molecule is O=C1Nc2ccc(O)cc2/C1=C/c1cnc(C2CCN(CCF)CC2)[nH]1. The summed E-state index contributed by atoms with van der Waals surface area (Å²) < 4.78 is 12.4. The third kappa shape index (κ3) is 3.22. The first-order chi connectivity index (χ1) is 12.6. The number of nitrogens with one attached hydrogen (secondary N) is 2. The summed E-state index contributed by atoms with van der Waals surface area (Å²) in [5, 5.41) is 12.5. The van der Waals surface area contributed by atoms with Crippen molar-refractivity contribution in [3.05, 3.63) is 41.5 Å². The second-order valence-corrected chi connectivity index (χ2v) is 6.77. The summed E-state index contributed by atoms with van der Waals surface area (Å²) in [4.78, 5) is 22.1. The molecule has 1 aromatic carbocycles. The normalized spacial score (nSPS) is 19.7. The van der Waals surface area contributed by atoms with Crippen molar-refractivity contribution < 1.29 is 14.3 Å². The average molecular weight is 356 g/mol.